The van der Waals surface area contributed by atoms with Gasteiger partial charge in [-0.3, -0.25) is 4.72 Å². The second kappa shape index (κ2) is 10.3. The molecular formula is C20H26ClF2N3O3S. The summed E-state index contributed by atoms with van der Waals surface area (Å²) in [5.74, 6) is -0.221. The van der Waals surface area contributed by atoms with E-state index in [-0.39, 0.29) is 28.7 Å². The van der Waals surface area contributed by atoms with Gasteiger partial charge < -0.3 is 15.0 Å². The zero-order valence-electron chi connectivity index (χ0n) is 16.8. The number of piperazine rings is 1. The van der Waals surface area contributed by atoms with Crippen LogP contribution in [0.25, 0.3) is 0 Å². The van der Waals surface area contributed by atoms with Crippen molar-refractivity contribution in [3.8, 4) is 5.75 Å². The van der Waals surface area contributed by atoms with Crippen molar-refractivity contribution in [1.82, 2.24) is 5.32 Å². The van der Waals surface area contributed by atoms with E-state index in [4.69, 9.17) is 0 Å². The molecule has 0 unspecified atom stereocenters. The summed E-state index contributed by atoms with van der Waals surface area (Å²) < 4.78 is 58.2. The molecule has 0 atom stereocenters. The highest BCUT2D eigenvalue weighted by atomic mass is 35.5. The molecule has 0 radical (unpaired) electrons. The molecular weight excluding hydrogens is 436 g/mol. The van der Waals surface area contributed by atoms with E-state index in [1.54, 1.807) is 25.1 Å². The van der Waals surface area contributed by atoms with E-state index in [1.165, 1.54) is 18.2 Å². The van der Waals surface area contributed by atoms with Gasteiger partial charge in [-0.05, 0) is 48.7 Å². The number of hydrogen-bond acceptors (Lipinski definition) is 5. The Morgan fingerprint density at radius 3 is 2.50 bits per heavy atom. The fourth-order valence-corrected chi connectivity index (χ4v) is 4.42. The van der Waals surface area contributed by atoms with Crippen molar-refractivity contribution in [3.05, 3.63) is 47.5 Å². The first-order chi connectivity index (χ1) is 13.8. The normalized spacial score (nSPS) is 14.4. The van der Waals surface area contributed by atoms with Crippen LogP contribution in [0.3, 0.4) is 0 Å². The summed E-state index contributed by atoms with van der Waals surface area (Å²) in [6, 6.07) is 9.36. The Kier molecular flexibility index (Phi) is 8.28. The van der Waals surface area contributed by atoms with Gasteiger partial charge in [0.25, 0.3) is 10.0 Å². The van der Waals surface area contributed by atoms with E-state index in [9.17, 15) is 17.2 Å². The number of aryl methyl sites for hydroxylation is 2. The minimum absolute atomic E-state index is 0. The van der Waals surface area contributed by atoms with Crippen LogP contribution in [0.5, 0.6) is 5.75 Å². The molecule has 3 rings (SSSR count). The molecule has 1 fully saturated rings. The minimum atomic E-state index is -3.99. The first-order valence-electron chi connectivity index (χ1n) is 9.47. The van der Waals surface area contributed by atoms with Gasteiger partial charge in [0.2, 0.25) is 0 Å². The number of halogens is 3. The molecule has 6 nitrogen and oxygen atoms in total. The van der Waals surface area contributed by atoms with Crippen LogP contribution >= 0.6 is 12.4 Å². The number of benzene rings is 2. The molecule has 2 N–H and O–H groups in total. The van der Waals surface area contributed by atoms with Crippen LogP contribution in [0.15, 0.2) is 41.3 Å². The lowest BCUT2D eigenvalue weighted by molar-refractivity contribution is -0.0493. The van der Waals surface area contributed by atoms with Gasteiger partial charge in [-0.1, -0.05) is 19.1 Å². The van der Waals surface area contributed by atoms with Crippen LogP contribution in [-0.2, 0) is 16.4 Å². The van der Waals surface area contributed by atoms with Gasteiger partial charge in [0.15, 0.2) is 0 Å². The first-order valence-corrected chi connectivity index (χ1v) is 11.0. The maximum Gasteiger partial charge on any atom is 0.387 e. The SMILES string of the molecule is CCc1ccc(S(=O)(=O)Nc2cc(C)ccc2OC(F)F)cc1N1CCNCC1.Cl. The summed E-state index contributed by atoms with van der Waals surface area (Å²) in [7, 11) is -3.99. The molecule has 1 aliphatic rings. The average Bonchev–Trinajstić information content (AvgIpc) is 2.69. The maximum absolute atomic E-state index is 13.0. The van der Waals surface area contributed by atoms with Crippen LogP contribution in [0.2, 0.25) is 0 Å². The van der Waals surface area contributed by atoms with Crippen LogP contribution in [-0.4, -0.2) is 41.2 Å². The Morgan fingerprint density at radius 1 is 1.17 bits per heavy atom. The zero-order chi connectivity index (χ0) is 21.0. The number of rotatable bonds is 7. The van der Waals surface area contributed by atoms with Crippen molar-refractivity contribution in [3.63, 3.8) is 0 Å². The Hall–Kier alpha value is -2.10. The summed E-state index contributed by atoms with van der Waals surface area (Å²) in [6.07, 6.45) is 0.775. The number of sulfonamides is 1. The topological polar surface area (TPSA) is 70.7 Å². The van der Waals surface area contributed by atoms with Gasteiger partial charge in [-0.15, -0.1) is 12.4 Å². The number of nitrogens with zero attached hydrogens (tertiary/aromatic N) is 1. The average molecular weight is 462 g/mol. The molecule has 1 heterocycles. The molecule has 0 aromatic heterocycles. The van der Waals surface area contributed by atoms with Gasteiger partial charge in [0, 0.05) is 31.9 Å². The third-order valence-electron chi connectivity index (χ3n) is 4.80. The second-order valence-electron chi connectivity index (χ2n) is 6.86. The number of anilines is 2. The third kappa shape index (κ3) is 5.74. The number of hydrogen-bond donors (Lipinski definition) is 2. The molecule has 2 aromatic carbocycles. The Labute approximate surface area is 182 Å². The molecule has 0 bridgehead atoms. The molecule has 0 amide bonds. The predicted octanol–water partition coefficient (Wildman–Crippen LogP) is 3.79. The van der Waals surface area contributed by atoms with Crippen LogP contribution in [0.1, 0.15) is 18.1 Å². The van der Waals surface area contributed by atoms with Gasteiger partial charge in [0.1, 0.15) is 5.75 Å². The lowest BCUT2D eigenvalue weighted by Gasteiger charge is -2.31. The number of ether oxygens (including phenoxy) is 1. The first kappa shape index (κ1) is 24.2. The van der Waals surface area contributed by atoms with E-state index in [0.29, 0.717) is 5.56 Å². The van der Waals surface area contributed by atoms with Crippen molar-refractivity contribution in [1.29, 1.82) is 0 Å². The minimum Gasteiger partial charge on any atom is -0.433 e. The van der Waals surface area contributed by atoms with Crippen LogP contribution in [0, 0.1) is 6.92 Å². The van der Waals surface area contributed by atoms with Crippen molar-refractivity contribution < 1.29 is 21.9 Å². The molecule has 0 aliphatic carbocycles. The lowest BCUT2D eigenvalue weighted by Crippen LogP contribution is -2.44. The Morgan fingerprint density at radius 2 is 1.87 bits per heavy atom. The van der Waals surface area contributed by atoms with Gasteiger partial charge in [-0.25, -0.2) is 8.42 Å². The highest BCUT2D eigenvalue weighted by molar-refractivity contribution is 7.92. The molecule has 10 heteroatoms. The van der Waals surface area contributed by atoms with Gasteiger partial charge in [0.05, 0.1) is 10.6 Å². The Balaban J connectivity index is 0.00000320. The summed E-state index contributed by atoms with van der Waals surface area (Å²) in [5.41, 5.74) is 2.63. The van der Waals surface area contributed by atoms with Crippen molar-refractivity contribution in [2.24, 2.45) is 0 Å². The molecule has 30 heavy (non-hydrogen) atoms. The standard InChI is InChI=1S/C20H25F2N3O3S.ClH/c1-3-15-5-6-16(13-18(15)25-10-8-23-9-11-25)29(26,27)24-17-12-14(2)4-7-19(17)28-20(21)22;/h4-7,12-13,20,23-24H,3,8-11H2,1-2H3;1H. The van der Waals surface area contributed by atoms with E-state index >= 15 is 0 Å². The van der Waals surface area contributed by atoms with Crippen LogP contribution < -0.4 is 19.7 Å². The van der Waals surface area contributed by atoms with E-state index in [1.807, 2.05) is 6.92 Å². The number of alkyl halides is 2. The fourth-order valence-electron chi connectivity index (χ4n) is 3.34. The molecule has 1 saturated heterocycles. The monoisotopic (exact) mass is 461 g/mol. The van der Waals surface area contributed by atoms with E-state index in [0.717, 1.165) is 43.9 Å². The van der Waals surface area contributed by atoms with Crippen molar-refractivity contribution >= 4 is 33.8 Å². The summed E-state index contributed by atoms with van der Waals surface area (Å²) in [6.45, 7) is 3.94. The summed E-state index contributed by atoms with van der Waals surface area (Å²) in [4.78, 5) is 2.24. The maximum atomic E-state index is 13.0. The fraction of sp³-hybridized carbons (Fsp3) is 0.400. The number of nitrogens with one attached hydrogen (secondary N) is 2. The van der Waals surface area contributed by atoms with Crippen molar-refractivity contribution in [2.75, 3.05) is 35.8 Å². The Bertz CT molecular complexity index is 968. The van der Waals surface area contributed by atoms with Crippen molar-refractivity contribution in [2.45, 2.75) is 31.8 Å². The summed E-state index contributed by atoms with van der Waals surface area (Å²) >= 11 is 0. The largest absolute Gasteiger partial charge is 0.433 e. The predicted molar refractivity (Wildman–Crippen MR) is 117 cm³/mol. The second-order valence-corrected chi connectivity index (χ2v) is 8.55. The molecule has 0 spiro atoms. The highest BCUT2D eigenvalue weighted by Crippen LogP contribution is 2.31. The van der Waals surface area contributed by atoms with E-state index in [2.05, 4.69) is 19.7 Å². The van der Waals surface area contributed by atoms with E-state index < -0.39 is 16.6 Å². The molecule has 2 aromatic rings. The summed E-state index contributed by atoms with van der Waals surface area (Å²) in [5, 5.41) is 3.28. The zero-order valence-corrected chi connectivity index (χ0v) is 18.5. The van der Waals surface area contributed by atoms with Crippen LogP contribution in [0.4, 0.5) is 20.2 Å². The molecule has 166 valence electrons. The quantitative estimate of drug-likeness (QED) is 0.656. The smallest absolute Gasteiger partial charge is 0.387 e. The molecule has 0 saturated carbocycles. The lowest BCUT2D eigenvalue weighted by atomic mass is 10.1. The van der Waals surface area contributed by atoms with Gasteiger partial charge >= 0.3 is 6.61 Å². The molecule has 1 aliphatic heterocycles. The highest BCUT2D eigenvalue weighted by Gasteiger charge is 2.22. The third-order valence-corrected chi connectivity index (χ3v) is 6.16. The van der Waals surface area contributed by atoms with Gasteiger partial charge in [-0.2, -0.15) is 8.78 Å².